The fourth-order valence-corrected chi connectivity index (χ4v) is 2.82. The van der Waals surface area contributed by atoms with Gasteiger partial charge in [0.15, 0.2) is 0 Å². The topological polar surface area (TPSA) is 68.7 Å². The van der Waals surface area contributed by atoms with E-state index in [4.69, 9.17) is 0 Å². The number of carbonyl (C=O) groups is 1. The average molecular weight is 318 g/mol. The first kappa shape index (κ1) is 16.2. The number of aliphatic hydroxyl groups excluding tert-OH is 1. The maximum absolute atomic E-state index is 11.7. The van der Waals surface area contributed by atoms with E-state index in [9.17, 15) is 9.90 Å². The number of nitrogens with one attached hydrogen (secondary N) is 1. The molecule has 1 saturated heterocycles. The number of hydrogen-bond acceptors (Lipinski definition) is 5. The molecule has 1 aromatic rings. The van der Waals surface area contributed by atoms with Crippen LogP contribution in [0.4, 0.5) is 11.5 Å². The Kier molecular flexibility index (Phi) is 5.13. The van der Waals surface area contributed by atoms with E-state index >= 15 is 0 Å². The Bertz CT molecular complexity index is 522. The molecule has 23 heavy (non-hydrogen) atoms. The van der Waals surface area contributed by atoms with Crippen molar-refractivity contribution in [3.8, 4) is 0 Å². The fraction of sp³-hybridized carbons (Fsp3) is 0.647. The van der Waals surface area contributed by atoms with Crippen LogP contribution in [-0.2, 0) is 4.79 Å². The summed E-state index contributed by atoms with van der Waals surface area (Å²) in [5, 5.41) is 12.7. The van der Waals surface area contributed by atoms with Crippen molar-refractivity contribution in [3.05, 3.63) is 18.3 Å². The third-order valence-corrected chi connectivity index (χ3v) is 4.60. The molecule has 0 spiro atoms. The normalized spacial score (nSPS) is 20.3. The van der Waals surface area contributed by atoms with Crippen molar-refractivity contribution in [3.63, 3.8) is 0 Å². The number of β-amino-alcohol motifs (C(OH)–C–C–N with tert-alkyl or cyclic N) is 1. The predicted octanol–water partition coefficient (Wildman–Crippen LogP) is 1.32. The quantitative estimate of drug-likeness (QED) is 0.828. The van der Waals surface area contributed by atoms with Gasteiger partial charge in [0.05, 0.1) is 18.0 Å². The fourth-order valence-electron chi connectivity index (χ4n) is 2.82. The maximum Gasteiger partial charge on any atom is 0.227 e. The molecule has 1 amide bonds. The molecule has 2 fully saturated rings. The third-order valence-electron chi connectivity index (χ3n) is 4.60. The molecule has 6 nitrogen and oxygen atoms in total. The van der Waals surface area contributed by atoms with Gasteiger partial charge >= 0.3 is 0 Å². The predicted molar refractivity (Wildman–Crippen MR) is 90.5 cm³/mol. The van der Waals surface area contributed by atoms with Crippen molar-refractivity contribution in [1.82, 2.24) is 9.88 Å². The molecule has 1 saturated carbocycles. The lowest BCUT2D eigenvalue weighted by Gasteiger charge is -2.36. The van der Waals surface area contributed by atoms with E-state index < -0.39 is 0 Å². The molecule has 3 rings (SSSR count). The second-order valence-corrected chi connectivity index (χ2v) is 6.52. The average Bonchev–Trinajstić information content (AvgIpc) is 3.41. The van der Waals surface area contributed by atoms with Crippen LogP contribution in [0.25, 0.3) is 0 Å². The minimum atomic E-state index is -0.228. The maximum atomic E-state index is 11.7. The minimum Gasteiger partial charge on any atom is -0.392 e. The second-order valence-electron chi connectivity index (χ2n) is 6.52. The molecule has 1 unspecified atom stereocenters. The van der Waals surface area contributed by atoms with E-state index in [-0.39, 0.29) is 17.9 Å². The van der Waals surface area contributed by atoms with Crippen LogP contribution in [0.2, 0.25) is 0 Å². The first-order valence-corrected chi connectivity index (χ1v) is 8.58. The number of amides is 1. The van der Waals surface area contributed by atoms with Gasteiger partial charge in [-0.3, -0.25) is 9.69 Å². The SMILES string of the molecule is CCC(O)CN1CCN(c2ccc(NC(=O)C3CC3)cn2)CC1. The molecule has 1 aliphatic carbocycles. The molecule has 0 aromatic carbocycles. The Hall–Kier alpha value is -1.66. The van der Waals surface area contributed by atoms with Gasteiger partial charge in [0.1, 0.15) is 5.82 Å². The molecule has 1 atom stereocenters. The Morgan fingerprint density at radius 2 is 2.09 bits per heavy atom. The summed E-state index contributed by atoms with van der Waals surface area (Å²) in [6.45, 7) is 6.48. The molecule has 1 aliphatic heterocycles. The highest BCUT2D eigenvalue weighted by atomic mass is 16.3. The summed E-state index contributed by atoms with van der Waals surface area (Å²) in [4.78, 5) is 20.8. The van der Waals surface area contributed by atoms with E-state index in [1.807, 2.05) is 19.1 Å². The van der Waals surface area contributed by atoms with E-state index in [1.54, 1.807) is 6.20 Å². The molecule has 2 N–H and O–H groups in total. The van der Waals surface area contributed by atoms with E-state index in [2.05, 4.69) is 20.1 Å². The number of piperazine rings is 1. The summed E-state index contributed by atoms with van der Waals surface area (Å²) in [5.74, 6) is 1.27. The summed E-state index contributed by atoms with van der Waals surface area (Å²) < 4.78 is 0. The Labute approximate surface area is 137 Å². The van der Waals surface area contributed by atoms with Crippen LogP contribution in [-0.4, -0.2) is 59.7 Å². The molecule has 126 valence electrons. The van der Waals surface area contributed by atoms with E-state index in [0.29, 0.717) is 0 Å². The van der Waals surface area contributed by atoms with Crippen molar-refractivity contribution in [1.29, 1.82) is 0 Å². The van der Waals surface area contributed by atoms with Gasteiger partial charge in [-0.15, -0.1) is 0 Å². The van der Waals surface area contributed by atoms with Crippen LogP contribution in [0.15, 0.2) is 18.3 Å². The van der Waals surface area contributed by atoms with Crippen LogP contribution in [0.5, 0.6) is 0 Å². The van der Waals surface area contributed by atoms with Crippen LogP contribution in [0, 0.1) is 5.92 Å². The molecule has 1 aromatic heterocycles. The highest BCUT2D eigenvalue weighted by Gasteiger charge is 2.29. The lowest BCUT2D eigenvalue weighted by Crippen LogP contribution is -2.48. The zero-order chi connectivity index (χ0) is 16.2. The minimum absolute atomic E-state index is 0.114. The lowest BCUT2D eigenvalue weighted by atomic mass is 10.2. The molecule has 0 radical (unpaired) electrons. The second kappa shape index (κ2) is 7.27. The number of aliphatic hydroxyl groups is 1. The third kappa shape index (κ3) is 4.42. The molecular weight excluding hydrogens is 292 g/mol. The number of anilines is 2. The van der Waals surface area contributed by atoms with E-state index in [0.717, 1.165) is 63.5 Å². The molecule has 2 heterocycles. The number of rotatable bonds is 6. The molecule has 0 bridgehead atoms. The first-order valence-electron chi connectivity index (χ1n) is 8.58. The van der Waals surface area contributed by atoms with Crippen molar-refractivity contribution >= 4 is 17.4 Å². The van der Waals surface area contributed by atoms with Gasteiger partial charge in [-0.05, 0) is 31.4 Å². The van der Waals surface area contributed by atoms with Crippen LogP contribution < -0.4 is 10.2 Å². The Morgan fingerprint density at radius 1 is 1.35 bits per heavy atom. The largest absolute Gasteiger partial charge is 0.392 e. The van der Waals surface area contributed by atoms with E-state index in [1.165, 1.54) is 0 Å². The number of hydrogen-bond donors (Lipinski definition) is 2. The highest BCUT2D eigenvalue weighted by Crippen LogP contribution is 2.30. The van der Waals surface area contributed by atoms with Crippen LogP contribution >= 0.6 is 0 Å². The smallest absolute Gasteiger partial charge is 0.227 e. The first-order chi connectivity index (χ1) is 11.2. The molecule has 2 aliphatic rings. The summed E-state index contributed by atoms with van der Waals surface area (Å²) in [5.41, 5.74) is 0.773. The summed E-state index contributed by atoms with van der Waals surface area (Å²) in [6, 6.07) is 3.90. The monoisotopic (exact) mass is 318 g/mol. The van der Waals surface area contributed by atoms with Gasteiger partial charge in [-0.25, -0.2) is 4.98 Å². The molecule has 6 heteroatoms. The van der Waals surface area contributed by atoms with Gasteiger partial charge in [0.25, 0.3) is 0 Å². The van der Waals surface area contributed by atoms with Gasteiger partial charge in [0.2, 0.25) is 5.91 Å². The summed E-state index contributed by atoms with van der Waals surface area (Å²) >= 11 is 0. The zero-order valence-electron chi connectivity index (χ0n) is 13.7. The lowest BCUT2D eigenvalue weighted by molar-refractivity contribution is -0.117. The van der Waals surface area contributed by atoms with Gasteiger partial charge in [-0.2, -0.15) is 0 Å². The van der Waals surface area contributed by atoms with Crippen LogP contribution in [0.3, 0.4) is 0 Å². The van der Waals surface area contributed by atoms with Gasteiger partial charge in [0, 0.05) is 38.6 Å². The summed E-state index contributed by atoms with van der Waals surface area (Å²) in [7, 11) is 0. The highest BCUT2D eigenvalue weighted by molar-refractivity contribution is 5.93. The molecular formula is C17H26N4O2. The number of nitrogens with zero attached hydrogens (tertiary/aromatic N) is 3. The van der Waals surface area contributed by atoms with Crippen molar-refractivity contribution in [2.75, 3.05) is 42.9 Å². The number of carbonyl (C=O) groups excluding carboxylic acids is 1. The number of pyridine rings is 1. The standard InChI is InChI=1S/C17H26N4O2/c1-2-15(22)12-20-7-9-21(10-8-20)16-6-5-14(11-18-16)19-17(23)13-3-4-13/h5-6,11,13,15,22H,2-4,7-10,12H2,1H3,(H,19,23). The van der Waals surface area contributed by atoms with Crippen molar-refractivity contribution < 1.29 is 9.90 Å². The summed E-state index contributed by atoms with van der Waals surface area (Å²) in [6.07, 6.45) is 4.33. The van der Waals surface area contributed by atoms with Crippen molar-refractivity contribution in [2.24, 2.45) is 5.92 Å². The van der Waals surface area contributed by atoms with Crippen LogP contribution in [0.1, 0.15) is 26.2 Å². The Morgan fingerprint density at radius 3 is 2.65 bits per heavy atom. The van der Waals surface area contributed by atoms with Crippen molar-refractivity contribution in [2.45, 2.75) is 32.3 Å². The van der Waals surface area contributed by atoms with Gasteiger partial charge < -0.3 is 15.3 Å². The number of aromatic nitrogens is 1. The van der Waals surface area contributed by atoms with Gasteiger partial charge in [-0.1, -0.05) is 6.92 Å². The Balaban J connectivity index is 1.49. The zero-order valence-corrected chi connectivity index (χ0v) is 13.7.